The first-order valence-electron chi connectivity index (χ1n) is 14.3. The van der Waals surface area contributed by atoms with Crippen molar-refractivity contribution in [3.63, 3.8) is 0 Å². The van der Waals surface area contributed by atoms with E-state index in [1.54, 1.807) is 0 Å². The molecular formula is C29H52NO6P. The van der Waals surface area contributed by atoms with Crippen LogP contribution >= 0.6 is 8.17 Å². The van der Waals surface area contributed by atoms with Gasteiger partial charge in [-0.05, 0) is 12.8 Å². The van der Waals surface area contributed by atoms with Crippen LogP contribution < -0.4 is 5.32 Å². The number of hydrogen-bond donors (Lipinski definition) is 5. The van der Waals surface area contributed by atoms with Gasteiger partial charge in [0, 0.05) is 0 Å². The molecule has 1 aromatic rings. The fourth-order valence-corrected chi connectivity index (χ4v) is 4.70. The molecule has 0 spiro atoms. The van der Waals surface area contributed by atoms with Crippen molar-refractivity contribution >= 4 is 14.1 Å². The summed E-state index contributed by atoms with van der Waals surface area (Å²) in [5, 5.41) is 12.0. The Morgan fingerprint density at radius 3 is 1.97 bits per heavy atom. The van der Waals surface area contributed by atoms with Gasteiger partial charge in [-0.1, -0.05) is 51.2 Å². The van der Waals surface area contributed by atoms with Crippen molar-refractivity contribution < 1.29 is 29.1 Å². The van der Waals surface area contributed by atoms with Crippen molar-refractivity contribution in [2.45, 2.75) is 116 Å². The molecule has 0 bridgehead atoms. The molecule has 37 heavy (non-hydrogen) atoms. The number of rotatable bonds is 23. The first-order valence-corrected chi connectivity index (χ1v) is 16.0. The minimum absolute atomic E-state index is 0.0818. The number of hydrogen-bond acceptors (Lipinski definition) is 6. The van der Waals surface area contributed by atoms with Crippen LogP contribution in [-0.2, 0) is 22.2 Å². The summed E-state index contributed by atoms with van der Waals surface area (Å²) in [5.74, 6) is -0.107. The Labute approximate surface area is 225 Å². The predicted octanol–water partition coefficient (Wildman–Crippen LogP) is 5.69. The van der Waals surface area contributed by atoms with Gasteiger partial charge in [0.1, 0.15) is 0 Å². The molecule has 0 fully saturated rings. The van der Waals surface area contributed by atoms with E-state index in [0.717, 1.165) is 36.8 Å². The number of nitrogens with one attached hydrogen (secondary N) is 1. The zero-order chi connectivity index (χ0) is 27.2. The predicted molar refractivity (Wildman–Crippen MR) is 153 cm³/mol. The van der Waals surface area contributed by atoms with Crippen LogP contribution in [0.4, 0.5) is 0 Å². The van der Waals surface area contributed by atoms with Crippen molar-refractivity contribution in [1.29, 1.82) is 0 Å². The van der Waals surface area contributed by atoms with E-state index in [1.165, 1.54) is 57.8 Å². The average molecular weight is 542 g/mol. The quantitative estimate of drug-likeness (QED) is 0.0690. The first kappa shape index (κ1) is 33.7. The number of amides is 1. The molecule has 0 radical (unpaired) electrons. The van der Waals surface area contributed by atoms with E-state index >= 15 is 0 Å². The van der Waals surface area contributed by atoms with Gasteiger partial charge in [0.25, 0.3) is 0 Å². The van der Waals surface area contributed by atoms with Crippen LogP contribution in [0.5, 0.6) is 0 Å². The van der Waals surface area contributed by atoms with E-state index in [0.29, 0.717) is 19.3 Å². The van der Waals surface area contributed by atoms with E-state index in [4.69, 9.17) is 9.63 Å². The van der Waals surface area contributed by atoms with Gasteiger partial charge in [-0.3, -0.25) is 0 Å². The fraction of sp³-hybridized carbons (Fsp3) is 0.690. The zero-order valence-electron chi connectivity index (χ0n) is 22.9. The van der Waals surface area contributed by atoms with Crippen molar-refractivity contribution in [2.75, 3.05) is 13.2 Å². The molecule has 1 atom stereocenters. The number of carbonyl (C=O) groups excluding carboxylic acids is 1. The summed E-state index contributed by atoms with van der Waals surface area (Å²) in [7, 11) is -4.66. The molecule has 7 nitrogen and oxygen atoms in total. The second kappa shape index (κ2) is 21.6. The van der Waals surface area contributed by atoms with Crippen molar-refractivity contribution in [3.8, 4) is 0 Å². The number of carbonyl (C=O) groups is 1. The van der Waals surface area contributed by atoms with Crippen LogP contribution in [0.25, 0.3) is 0 Å². The van der Waals surface area contributed by atoms with Crippen LogP contribution in [0.1, 0.15) is 108 Å². The van der Waals surface area contributed by atoms with Gasteiger partial charge in [-0.2, -0.15) is 0 Å². The molecule has 0 heterocycles. The molecule has 8 heteroatoms. The standard InChI is InChI=1S/C29H52NO6P/c1-2-3-4-5-6-7-8-9-10-11-12-13-14-15-16-17-29(32)30-28(25-36-37(33,34)35)24-27-20-18-26(19-21-27)22-23-31/h9-10,18-21,28,31,33-35,37H,2-8,11-17,22-25H2,1H3,(H,30,32)/b10-9-. The Hall–Kier alpha value is -1.34. The van der Waals surface area contributed by atoms with Gasteiger partial charge in [-0.25, -0.2) is 0 Å². The van der Waals surface area contributed by atoms with Crippen LogP contribution in [0.2, 0.25) is 0 Å². The first-order chi connectivity index (χ1) is 17.8. The third kappa shape index (κ3) is 20.3. The Balaban J connectivity index is 2.21. The second-order valence-electron chi connectivity index (χ2n) is 9.98. The van der Waals surface area contributed by atoms with Crippen molar-refractivity contribution in [2.24, 2.45) is 0 Å². The third-order valence-electron chi connectivity index (χ3n) is 6.41. The van der Waals surface area contributed by atoms with Crippen LogP contribution in [-0.4, -0.2) is 44.9 Å². The Morgan fingerprint density at radius 1 is 0.865 bits per heavy atom. The van der Waals surface area contributed by atoms with E-state index in [9.17, 15) is 19.5 Å². The summed E-state index contributed by atoms with van der Waals surface area (Å²) in [6, 6.07) is 7.17. The number of unbranched alkanes of at least 4 members (excludes halogenated alkanes) is 11. The van der Waals surface area contributed by atoms with Gasteiger partial charge in [0.05, 0.1) is 0 Å². The van der Waals surface area contributed by atoms with E-state index < -0.39 is 14.2 Å². The van der Waals surface area contributed by atoms with Gasteiger partial charge < -0.3 is 0 Å². The number of aliphatic hydroxyl groups is 1. The van der Waals surface area contributed by atoms with Crippen molar-refractivity contribution in [3.05, 3.63) is 47.5 Å². The molecule has 1 amide bonds. The SMILES string of the molecule is CCCCCCCC/C=C\CCCCCCCC(=O)NC(CO[PH](O)(O)O)Cc1ccc(CCO)cc1. The van der Waals surface area contributed by atoms with Crippen LogP contribution in [0, 0.1) is 0 Å². The molecule has 1 unspecified atom stereocenters. The summed E-state index contributed by atoms with van der Waals surface area (Å²) in [5.41, 5.74) is 1.96. The average Bonchev–Trinajstić information content (AvgIpc) is 2.86. The molecule has 0 aliphatic rings. The normalized spacial score (nSPS) is 13.2. The Bertz CT molecular complexity index is 720. The van der Waals surface area contributed by atoms with Gasteiger partial charge >= 0.3 is 161 Å². The molecule has 1 aromatic carbocycles. The number of benzene rings is 1. The molecule has 0 aromatic heterocycles. The summed E-state index contributed by atoms with van der Waals surface area (Å²) in [6.45, 7) is 2.14. The maximum atomic E-state index is 12.5. The van der Waals surface area contributed by atoms with Crippen molar-refractivity contribution in [1.82, 2.24) is 5.32 Å². The van der Waals surface area contributed by atoms with E-state index in [2.05, 4.69) is 24.4 Å². The van der Waals surface area contributed by atoms with Crippen LogP contribution in [0.3, 0.4) is 0 Å². The number of aliphatic hydroxyl groups excluding tert-OH is 1. The molecular weight excluding hydrogens is 489 g/mol. The van der Waals surface area contributed by atoms with Crippen LogP contribution in [0.15, 0.2) is 36.4 Å². The second-order valence-corrected chi connectivity index (χ2v) is 11.4. The van der Waals surface area contributed by atoms with E-state index in [1.807, 2.05) is 24.3 Å². The molecule has 0 aliphatic heterocycles. The molecule has 0 saturated carbocycles. The summed E-state index contributed by atoms with van der Waals surface area (Å²) in [4.78, 5) is 40.1. The Morgan fingerprint density at radius 2 is 1.41 bits per heavy atom. The minimum atomic E-state index is -4.66. The number of allylic oxidation sites excluding steroid dienone is 2. The molecule has 0 aliphatic carbocycles. The topological polar surface area (TPSA) is 119 Å². The molecule has 1 rings (SSSR count). The molecule has 214 valence electrons. The van der Waals surface area contributed by atoms with Gasteiger partial charge in [0.15, 0.2) is 0 Å². The van der Waals surface area contributed by atoms with Gasteiger partial charge in [-0.15, -0.1) is 0 Å². The molecule has 0 saturated heterocycles. The summed E-state index contributed by atoms with van der Waals surface area (Å²) < 4.78 is 4.81. The molecule has 5 N–H and O–H groups in total. The zero-order valence-corrected chi connectivity index (χ0v) is 23.9. The summed E-state index contributed by atoms with van der Waals surface area (Å²) >= 11 is 0. The van der Waals surface area contributed by atoms with Gasteiger partial charge in [0.2, 0.25) is 0 Å². The van der Waals surface area contributed by atoms with E-state index in [-0.39, 0.29) is 19.1 Å². The third-order valence-corrected chi connectivity index (χ3v) is 6.97. The monoisotopic (exact) mass is 541 g/mol. The summed E-state index contributed by atoms with van der Waals surface area (Å²) in [6.07, 6.45) is 21.7. The fourth-order valence-electron chi connectivity index (χ4n) is 4.28. The maximum absolute atomic E-state index is 12.5. The Kier molecular flexibility index (Phi) is 19.6.